The van der Waals surface area contributed by atoms with E-state index in [1.54, 1.807) is 6.07 Å². The molecule has 2 N–H and O–H groups in total. The highest BCUT2D eigenvalue weighted by atomic mass is 19.1. The van der Waals surface area contributed by atoms with Gasteiger partial charge in [-0.2, -0.15) is 0 Å². The minimum atomic E-state index is -0.368. The van der Waals surface area contributed by atoms with Crippen LogP contribution in [0.1, 0.15) is 23.2 Å². The highest BCUT2D eigenvalue weighted by Gasteiger charge is 2.20. The fourth-order valence-electron chi connectivity index (χ4n) is 2.32. The van der Waals surface area contributed by atoms with E-state index in [0.717, 1.165) is 38.2 Å². The van der Waals surface area contributed by atoms with Gasteiger partial charge in [-0.15, -0.1) is 0 Å². The summed E-state index contributed by atoms with van der Waals surface area (Å²) in [6, 6.07) is 4.37. The molecule has 0 unspecified atom stereocenters. The van der Waals surface area contributed by atoms with Gasteiger partial charge >= 0.3 is 0 Å². The number of carbonyl (C=O) groups excluding carboxylic acids is 1. The first-order chi connectivity index (χ1) is 8.24. The molecule has 92 valence electrons. The summed E-state index contributed by atoms with van der Waals surface area (Å²) in [7, 11) is 0. The Morgan fingerprint density at radius 1 is 1.41 bits per heavy atom. The van der Waals surface area contributed by atoms with Crippen LogP contribution in [-0.2, 0) is 0 Å². The van der Waals surface area contributed by atoms with E-state index in [1.165, 1.54) is 12.1 Å². The van der Waals surface area contributed by atoms with Gasteiger partial charge in [-0.3, -0.25) is 4.79 Å². The molecule has 0 spiro atoms. The first-order valence-corrected chi connectivity index (χ1v) is 5.94. The SMILES string of the molecule is NCC1CCN(c2ccc(F)cc2C=O)CC1. The van der Waals surface area contributed by atoms with Crippen LogP contribution in [0.2, 0.25) is 0 Å². The minimum Gasteiger partial charge on any atom is -0.371 e. The van der Waals surface area contributed by atoms with Crippen LogP contribution < -0.4 is 10.6 Å². The largest absolute Gasteiger partial charge is 0.371 e. The minimum absolute atomic E-state index is 0.368. The van der Waals surface area contributed by atoms with Gasteiger partial charge in [0.15, 0.2) is 6.29 Å². The Kier molecular flexibility index (Phi) is 3.74. The molecule has 4 heteroatoms. The molecule has 0 aromatic heterocycles. The van der Waals surface area contributed by atoms with E-state index in [9.17, 15) is 9.18 Å². The van der Waals surface area contributed by atoms with Gasteiger partial charge in [-0.05, 0) is 43.5 Å². The lowest BCUT2D eigenvalue weighted by atomic mass is 9.96. The number of nitrogens with two attached hydrogens (primary N) is 1. The van der Waals surface area contributed by atoms with E-state index in [4.69, 9.17) is 5.73 Å². The fourth-order valence-corrected chi connectivity index (χ4v) is 2.32. The summed E-state index contributed by atoms with van der Waals surface area (Å²) in [5.41, 5.74) is 6.90. The molecule has 0 aliphatic carbocycles. The van der Waals surface area contributed by atoms with Crippen molar-refractivity contribution in [3.63, 3.8) is 0 Å². The summed E-state index contributed by atoms with van der Waals surface area (Å²) >= 11 is 0. The number of hydrogen-bond donors (Lipinski definition) is 1. The Morgan fingerprint density at radius 2 is 2.12 bits per heavy atom. The zero-order valence-electron chi connectivity index (χ0n) is 9.73. The maximum Gasteiger partial charge on any atom is 0.152 e. The molecule has 1 fully saturated rings. The average Bonchev–Trinajstić information content (AvgIpc) is 2.39. The van der Waals surface area contributed by atoms with Gasteiger partial charge < -0.3 is 10.6 Å². The molecular weight excluding hydrogens is 219 g/mol. The van der Waals surface area contributed by atoms with Crippen LogP contribution in [0.3, 0.4) is 0 Å². The molecule has 1 aliphatic heterocycles. The standard InChI is InChI=1S/C13H17FN2O/c14-12-1-2-13(11(7-12)9-17)16-5-3-10(8-15)4-6-16/h1-2,7,9-10H,3-6,8,15H2. The van der Waals surface area contributed by atoms with Crippen LogP contribution in [0.25, 0.3) is 0 Å². The van der Waals surface area contributed by atoms with Crippen molar-refractivity contribution >= 4 is 12.0 Å². The number of nitrogens with zero attached hydrogens (tertiary/aromatic N) is 1. The first kappa shape index (κ1) is 12.0. The molecule has 0 bridgehead atoms. The van der Waals surface area contributed by atoms with E-state index in [1.807, 2.05) is 0 Å². The van der Waals surface area contributed by atoms with Crippen LogP contribution in [0.4, 0.5) is 10.1 Å². The van der Waals surface area contributed by atoms with E-state index in [-0.39, 0.29) is 5.82 Å². The Morgan fingerprint density at radius 3 is 2.71 bits per heavy atom. The predicted molar refractivity (Wildman–Crippen MR) is 65.8 cm³/mol. The molecule has 1 aliphatic rings. The maximum absolute atomic E-state index is 13.0. The fraction of sp³-hybridized carbons (Fsp3) is 0.462. The average molecular weight is 236 g/mol. The molecular formula is C13H17FN2O. The lowest BCUT2D eigenvalue weighted by Gasteiger charge is -2.33. The summed E-state index contributed by atoms with van der Waals surface area (Å²) in [5, 5.41) is 0. The monoisotopic (exact) mass is 236 g/mol. The zero-order chi connectivity index (χ0) is 12.3. The number of carbonyl (C=O) groups is 1. The predicted octanol–water partition coefficient (Wildman–Crippen LogP) is 1.81. The summed E-state index contributed by atoms with van der Waals surface area (Å²) in [5.74, 6) is 0.207. The molecule has 0 amide bonds. The van der Waals surface area contributed by atoms with Crippen LogP contribution in [-0.4, -0.2) is 25.9 Å². The van der Waals surface area contributed by atoms with Crippen molar-refractivity contribution in [3.05, 3.63) is 29.6 Å². The Labute approximate surface area is 100 Å². The van der Waals surface area contributed by atoms with Gasteiger partial charge in [-0.1, -0.05) is 0 Å². The van der Waals surface area contributed by atoms with Crippen molar-refractivity contribution in [2.24, 2.45) is 11.7 Å². The van der Waals surface area contributed by atoms with Crippen molar-refractivity contribution < 1.29 is 9.18 Å². The van der Waals surface area contributed by atoms with Crippen LogP contribution >= 0.6 is 0 Å². The molecule has 0 saturated carbocycles. The number of halogens is 1. The zero-order valence-corrected chi connectivity index (χ0v) is 9.73. The topological polar surface area (TPSA) is 46.3 Å². The molecule has 1 saturated heterocycles. The first-order valence-electron chi connectivity index (χ1n) is 5.94. The van der Waals surface area contributed by atoms with Gasteiger partial charge in [0.2, 0.25) is 0 Å². The molecule has 1 aromatic carbocycles. The van der Waals surface area contributed by atoms with E-state index in [2.05, 4.69) is 4.90 Å². The van der Waals surface area contributed by atoms with Gasteiger partial charge in [0, 0.05) is 24.3 Å². The quantitative estimate of drug-likeness (QED) is 0.814. The third-order valence-electron chi connectivity index (χ3n) is 3.41. The number of anilines is 1. The number of piperidine rings is 1. The van der Waals surface area contributed by atoms with Crippen LogP contribution in [0.15, 0.2) is 18.2 Å². The lowest BCUT2D eigenvalue weighted by Crippen LogP contribution is -2.36. The van der Waals surface area contributed by atoms with Gasteiger partial charge in [0.1, 0.15) is 5.82 Å². The molecule has 0 radical (unpaired) electrons. The highest BCUT2D eigenvalue weighted by Crippen LogP contribution is 2.25. The summed E-state index contributed by atoms with van der Waals surface area (Å²) < 4.78 is 13.0. The van der Waals surface area contributed by atoms with Crippen LogP contribution in [0, 0.1) is 11.7 Å². The third kappa shape index (κ3) is 2.64. The second kappa shape index (κ2) is 5.27. The van der Waals surface area contributed by atoms with E-state index >= 15 is 0 Å². The van der Waals surface area contributed by atoms with Crippen molar-refractivity contribution in [1.82, 2.24) is 0 Å². The molecule has 0 atom stereocenters. The summed E-state index contributed by atoms with van der Waals surface area (Å²) in [6.07, 6.45) is 2.78. The second-order valence-electron chi connectivity index (χ2n) is 4.49. The Balaban J connectivity index is 2.15. The Hall–Kier alpha value is -1.42. The second-order valence-corrected chi connectivity index (χ2v) is 4.49. The molecule has 1 heterocycles. The van der Waals surface area contributed by atoms with Crippen molar-refractivity contribution in [2.75, 3.05) is 24.5 Å². The molecule has 17 heavy (non-hydrogen) atoms. The normalized spacial score (nSPS) is 17.2. The van der Waals surface area contributed by atoms with E-state index < -0.39 is 0 Å². The van der Waals surface area contributed by atoms with Gasteiger partial charge in [-0.25, -0.2) is 4.39 Å². The number of aldehydes is 1. The van der Waals surface area contributed by atoms with Gasteiger partial charge in [0.05, 0.1) is 0 Å². The maximum atomic E-state index is 13.0. The molecule has 1 aromatic rings. The van der Waals surface area contributed by atoms with Crippen LogP contribution in [0.5, 0.6) is 0 Å². The Bertz CT molecular complexity index is 400. The number of benzene rings is 1. The summed E-state index contributed by atoms with van der Waals surface area (Å²) in [6.45, 7) is 2.49. The number of rotatable bonds is 3. The lowest BCUT2D eigenvalue weighted by molar-refractivity contribution is 0.112. The molecule has 3 nitrogen and oxygen atoms in total. The van der Waals surface area contributed by atoms with Crippen molar-refractivity contribution in [2.45, 2.75) is 12.8 Å². The van der Waals surface area contributed by atoms with Gasteiger partial charge in [0.25, 0.3) is 0 Å². The highest BCUT2D eigenvalue weighted by molar-refractivity contribution is 5.84. The van der Waals surface area contributed by atoms with Crippen molar-refractivity contribution in [1.29, 1.82) is 0 Å². The smallest absolute Gasteiger partial charge is 0.152 e. The van der Waals surface area contributed by atoms with E-state index in [0.29, 0.717) is 17.8 Å². The van der Waals surface area contributed by atoms with Crippen molar-refractivity contribution in [3.8, 4) is 0 Å². The third-order valence-corrected chi connectivity index (χ3v) is 3.41. The summed E-state index contributed by atoms with van der Waals surface area (Å²) in [4.78, 5) is 13.1. The molecule has 2 rings (SSSR count). The number of hydrogen-bond acceptors (Lipinski definition) is 3.